The average Bonchev–Trinajstić information content (AvgIpc) is 2.74. The van der Waals surface area contributed by atoms with E-state index in [2.05, 4.69) is 15.5 Å². The molecule has 0 saturated carbocycles. The molecule has 0 bridgehead atoms. The largest absolute Gasteiger partial charge is 0.355 e. The fourth-order valence-electron chi connectivity index (χ4n) is 1.61. The van der Waals surface area contributed by atoms with E-state index in [4.69, 9.17) is 0 Å². The standard InChI is InChI=1S/C12H13N3O/c1-8-11(7-14-15-8)9-4-3-5-10(6-9)12(16)13-2/h3-7H,1-2H3,(H,13,16)(H,14,15). The summed E-state index contributed by atoms with van der Waals surface area (Å²) in [4.78, 5) is 11.5. The maximum absolute atomic E-state index is 11.5. The van der Waals surface area contributed by atoms with Crippen molar-refractivity contribution in [2.75, 3.05) is 7.05 Å². The van der Waals surface area contributed by atoms with Gasteiger partial charge >= 0.3 is 0 Å². The van der Waals surface area contributed by atoms with Crippen molar-refractivity contribution in [3.8, 4) is 11.1 Å². The van der Waals surface area contributed by atoms with Crippen LogP contribution in [0.25, 0.3) is 11.1 Å². The fourth-order valence-corrected chi connectivity index (χ4v) is 1.61. The molecular weight excluding hydrogens is 202 g/mol. The third kappa shape index (κ3) is 1.82. The molecule has 82 valence electrons. The molecule has 0 aliphatic rings. The zero-order valence-electron chi connectivity index (χ0n) is 9.24. The van der Waals surface area contributed by atoms with Crippen molar-refractivity contribution in [2.45, 2.75) is 6.92 Å². The molecule has 0 unspecified atom stereocenters. The quantitative estimate of drug-likeness (QED) is 0.801. The number of rotatable bonds is 2. The summed E-state index contributed by atoms with van der Waals surface area (Å²) in [6, 6.07) is 7.48. The van der Waals surface area contributed by atoms with Crippen LogP contribution in [0.5, 0.6) is 0 Å². The second-order valence-electron chi connectivity index (χ2n) is 3.57. The molecule has 0 fully saturated rings. The van der Waals surface area contributed by atoms with Crippen molar-refractivity contribution in [2.24, 2.45) is 0 Å². The minimum absolute atomic E-state index is 0.0806. The summed E-state index contributed by atoms with van der Waals surface area (Å²) < 4.78 is 0. The zero-order chi connectivity index (χ0) is 11.5. The van der Waals surface area contributed by atoms with Crippen LogP contribution in [0, 0.1) is 6.92 Å². The van der Waals surface area contributed by atoms with Gasteiger partial charge in [-0.3, -0.25) is 9.89 Å². The molecule has 1 aromatic carbocycles. The number of nitrogens with one attached hydrogen (secondary N) is 2. The molecule has 1 heterocycles. The van der Waals surface area contributed by atoms with Gasteiger partial charge in [-0.25, -0.2) is 0 Å². The summed E-state index contributed by atoms with van der Waals surface area (Å²) in [6.07, 6.45) is 1.76. The number of carbonyl (C=O) groups excluding carboxylic acids is 1. The van der Waals surface area contributed by atoms with Crippen LogP contribution in [-0.2, 0) is 0 Å². The highest BCUT2D eigenvalue weighted by molar-refractivity contribution is 5.95. The molecular formula is C12H13N3O. The molecule has 4 nitrogen and oxygen atoms in total. The van der Waals surface area contributed by atoms with Crippen LogP contribution < -0.4 is 5.32 Å². The van der Waals surface area contributed by atoms with E-state index in [1.54, 1.807) is 19.3 Å². The lowest BCUT2D eigenvalue weighted by Gasteiger charge is -2.03. The lowest BCUT2D eigenvalue weighted by Crippen LogP contribution is -2.17. The van der Waals surface area contributed by atoms with Crippen LogP contribution in [-0.4, -0.2) is 23.2 Å². The molecule has 2 N–H and O–H groups in total. The molecule has 2 aromatic rings. The summed E-state index contributed by atoms with van der Waals surface area (Å²) in [5.41, 5.74) is 3.66. The van der Waals surface area contributed by atoms with Gasteiger partial charge in [0.25, 0.3) is 5.91 Å². The van der Waals surface area contributed by atoms with Gasteiger partial charge in [-0.05, 0) is 24.6 Å². The summed E-state index contributed by atoms with van der Waals surface area (Å²) in [5.74, 6) is -0.0806. The number of carbonyl (C=O) groups is 1. The monoisotopic (exact) mass is 215 g/mol. The van der Waals surface area contributed by atoms with Crippen LogP contribution in [0.15, 0.2) is 30.5 Å². The Bertz CT molecular complexity index is 516. The van der Waals surface area contributed by atoms with Gasteiger partial charge in [0.2, 0.25) is 0 Å². The summed E-state index contributed by atoms with van der Waals surface area (Å²) in [6.45, 7) is 1.95. The molecule has 0 atom stereocenters. The average molecular weight is 215 g/mol. The Labute approximate surface area is 93.7 Å². The van der Waals surface area contributed by atoms with E-state index in [1.807, 2.05) is 25.1 Å². The van der Waals surface area contributed by atoms with E-state index < -0.39 is 0 Å². The van der Waals surface area contributed by atoms with Gasteiger partial charge in [0.05, 0.1) is 6.20 Å². The zero-order valence-corrected chi connectivity index (χ0v) is 9.24. The number of hydrogen-bond donors (Lipinski definition) is 2. The summed E-state index contributed by atoms with van der Waals surface area (Å²) >= 11 is 0. The van der Waals surface area contributed by atoms with Gasteiger partial charge in [0, 0.05) is 23.9 Å². The minimum atomic E-state index is -0.0806. The highest BCUT2D eigenvalue weighted by atomic mass is 16.1. The predicted octanol–water partition coefficient (Wildman–Crippen LogP) is 1.74. The molecule has 0 saturated heterocycles. The number of H-pyrrole nitrogens is 1. The van der Waals surface area contributed by atoms with Gasteiger partial charge in [-0.1, -0.05) is 12.1 Å². The summed E-state index contributed by atoms with van der Waals surface area (Å²) in [7, 11) is 1.62. The number of amides is 1. The SMILES string of the molecule is CNC(=O)c1cccc(-c2cn[nH]c2C)c1. The van der Waals surface area contributed by atoms with E-state index in [1.165, 1.54) is 0 Å². The van der Waals surface area contributed by atoms with Crippen LogP contribution in [0.4, 0.5) is 0 Å². The van der Waals surface area contributed by atoms with Crippen molar-refractivity contribution < 1.29 is 4.79 Å². The minimum Gasteiger partial charge on any atom is -0.355 e. The second-order valence-corrected chi connectivity index (χ2v) is 3.57. The number of aromatic amines is 1. The lowest BCUT2D eigenvalue weighted by atomic mass is 10.0. The number of nitrogens with zero attached hydrogens (tertiary/aromatic N) is 1. The Hall–Kier alpha value is -2.10. The molecule has 0 radical (unpaired) electrons. The molecule has 0 aliphatic carbocycles. The van der Waals surface area contributed by atoms with Crippen molar-refractivity contribution >= 4 is 5.91 Å². The first-order chi connectivity index (χ1) is 7.72. The van der Waals surface area contributed by atoms with Gasteiger partial charge in [0.15, 0.2) is 0 Å². The molecule has 1 aromatic heterocycles. The number of hydrogen-bond acceptors (Lipinski definition) is 2. The third-order valence-corrected chi connectivity index (χ3v) is 2.49. The number of aromatic nitrogens is 2. The maximum Gasteiger partial charge on any atom is 0.251 e. The van der Waals surface area contributed by atoms with E-state index in [9.17, 15) is 4.79 Å². The molecule has 1 amide bonds. The Morgan fingerprint density at radius 2 is 2.25 bits per heavy atom. The Morgan fingerprint density at radius 3 is 2.88 bits per heavy atom. The van der Waals surface area contributed by atoms with Crippen LogP contribution in [0.1, 0.15) is 16.1 Å². The smallest absolute Gasteiger partial charge is 0.251 e. The molecule has 4 heteroatoms. The van der Waals surface area contributed by atoms with Crippen LogP contribution >= 0.6 is 0 Å². The van der Waals surface area contributed by atoms with Gasteiger partial charge < -0.3 is 5.32 Å². The van der Waals surface area contributed by atoms with Gasteiger partial charge in [0.1, 0.15) is 0 Å². The third-order valence-electron chi connectivity index (χ3n) is 2.49. The van der Waals surface area contributed by atoms with Crippen LogP contribution in [0.2, 0.25) is 0 Å². The Kier molecular flexibility index (Phi) is 2.72. The second kappa shape index (κ2) is 4.18. The van der Waals surface area contributed by atoms with Crippen molar-refractivity contribution in [3.05, 3.63) is 41.7 Å². The van der Waals surface area contributed by atoms with E-state index >= 15 is 0 Å². The molecule has 16 heavy (non-hydrogen) atoms. The first-order valence-electron chi connectivity index (χ1n) is 5.05. The predicted molar refractivity (Wildman–Crippen MR) is 62.2 cm³/mol. The van der Waals surface area contributed by atoms with Gasteiger partial charge in [-0.15, -0.1) is 0 Å². The highest BCUT2D eigenvalue weighted by Crippen LogP contribution is 2.22. The van der Waals surface area contributed by atoms with Crippen molar-refractivity contribution in [1.29, 1.82) is 0 Å². The first-order valence-corrected chi connectivity index (χ1v) is 5.05. The maximum atomic E-state index is 11.5. The number of benzene rings is 1. The molecule has 0 spiro atoms. The van der Waals surface area contributed by atoms with E-state index in [0.717, 1.165) is 16.8 Å². The normalized spacial score (nSPS) is 10.1. The van der Waals surface area contributed by atoms with Gasteiger partial charge in [-0.2, -0.15) is 5.10 Å². The Morgan fingerprint density at radius 1 is 1.44 bits per heavy atom. The molecule has 2 rings (SSSR count). The van der Waals surface area contributed by atoms with E-state index in [-0.39, 0.29) is 5.91 Å². The molecule has 0 aliphatic heterocycles. The highest BCUT2D eigenvalue weighted by Gasteiger charge is 2.07. The topological polar surface area (TPSA) is 57.8 Å². The first kappa shape index (κ1) is 10.4. The van der Waals surface area contributed by atoms with E-state index in [0.29, 0.717) is 5.56 Å². The van der Waals surface area contributed by atoms with Crippen molar-refractivity contribution in [3.63, 3.8) is 0 Å². The summed E-state index contributed by atoms with van der Waals surface area (Å²) in [5, 5.41) is 9.45. The Balaban J connectivity index is 2.44. The van der Waals surface area contributed by atoms with Crippen molar-refractivity contribution in [1.82, 2.24) is 15.5 Å². The fraction of sp³-hybridized carbons (Fsp3) is 0.167. The van der Waals surface area contributed by atoms with Crippen LogP contribution in [0.3, 0.4) is 0 Å². The number of aryl methyl sites for hydroxylation is 1. The lowest BCUT2D eigenvalue weighted by molar-refractivity contribution is 0.0963.